The Morgan fingerprint density at radius 1 is 1.39 bits per heavy atom. The smallest absolute Gasteiger partial charge is 0.276 e. The van der Waals surface area contributed by atoms with Crippen LogP contribution >= 0.6 is 12.2 Å². The van der Waals surface area contributed by atoms with Crippen molar-refractivity contribution < 1.29 is 4.79 Å². The van der Waals surface area contributed by atoms with Crippen LogP contribution in [0.2, 0.25) is 0 Å². The Labute approximate surface area is 112 Å². The van der Waals surface area contributed by atoms with Crippen molar-refractivity contribution in [3.8, 4) is 0 Å². The number of benzene rings is 1. The van der Waals surface area contributed by atoms with Gasteiger partial charge in [0.2, 0.25) is 0 Å². The molecule has 1 fully saturated rings. The van der Waals surface area contributed by atoms with Crippen molar-refractivity contribution in [3.05, 3.63) is 53.7 Å². The molecule has 0 atom stereocenters. The summed E-state index contributed by atoms with van der Waals surface area (Å²) in [5.74, 6) is -0.111. The van der Waals surface area contributed by atoms with Gasteiger partial charge < -0.3 is 5.32 Å². The topological polar surface area (TPSA) is 32.3 Å². The van der Waals surface area contributed by atoms with Gasteiger partial charge in [-0.2, -0.15) is 0 Å². The van der Waals surface area contributed by atoms with E-state index in [0.717, 1.165) is 5.56 Å². The number of carbonyl (C=O) groups is 1. The summed E-state index contributed by atoms with van der Waals surface area (Å²) in [5, 5.41) is 3.35. The van der Waals surface area contributed by atoms with Gasteiger partial charge in [0.1, 0.15) is 5.70 Å². The van der Waals surface area contributed by atoms with Crippen LogP contribution < -0.4 is 5.32 Å². The van der Waals surface area contributed by atoms with Gasteiger partial charge in [-0.25, -0.2) is 0 Å². The Kier molecular flexibility index (Phi) is 3.58. The molecule has 0 bridgehead atoms. The highest BCUT2D eigenvalue weighted by Gasteiger charge is 2.29. The summed E-state index contributed by atoms with van der Waals surface area (Å²) >= 11 is 5.10. The molecule has 18 heavy (non-hydrogen) atoms. The van der Waals surface area contributed by atoms with E-state index in [1.807, 2.05) is 31.2 Å². The van der Waals surface area contributed by atoms with Crippen LogP contribution in [0.5, 0.6) is 0 Å². The van der Waals surface area contributed by atoms with Crippen LogP contribution in [0.1, 0.15) is 11.1 Å². The van der Waals surface area contributed by atoms with E-state index >= 15 is 0 Å². The highest BCUT2D eigenvalue weighted by atomic mass is 32.1. The van der Waals surface area contributed by atoms with Crippen molar-refractivity contribution in [2.75, 3.05) is 6.54 Å². The second-order valence-corrected chi connectivity index (χ2v) is 4.49. The van der Waals surface area contributed by atoms with Crippen LogP contribution in [0, 0.1) is 6.92 Å². The lowest BCUT2D eigenvalue weighted by Gasteiger charge is -2.09. The molecular formula is C14H14N2OS. The quantitative estimate of drug-likeness (QED) is 0.512. The second-order valence-electron chi connectivity index (χ2n) is 4.10. The van der Waals surface area contributed by atoms with E-state index in [2.05, 4.69) is 11.9 Å². The summed E-state index contributed by atoms with van der Waals surface area (Å²) in [6.07, 6.45) is 3.46. The molecule has 0 radical (unpaired) electrons. The van der Waals surface area contributed by atoms with Crippen LogP contribution in [0.4, 0.5) is 0 Å². The van der Waals surface area contributed by atoms with Crippen LogP contribution in [-0.4, -0.2) is 22.5 Å². The summed E-state index contributed by atoms with van der Waals surface area (Å²) in [6, 6.07) is 7.95. The third kappa shape index (κ3) is 2.49. The molecule has 92 valence electrons. The predicted molar refractivity (Wildman–Crippen MR) is 76.8 cm³/mol. The van der Waals surface area contributed by atoms with E-state index in [1.54, 1.807) is 12.2 Å². The van der Waals surface area contributed by atoms with Gasteiger partial charge in [-0.1, -0.05) is 35.9 Å². The molecule has 0 aromatic heterocycles. The largest absolute Gasteiger partial charge is 0.328 e. The molecule has 1 heterocycles. The average Bonchev–Trinajstić information content (AvgIpc) is 2.60. The van der Waals surface area contributed by atoms with Gasteiger partial charge in [-0.15, -0.1) is 6.58 Å². The standard InChI is InChI=1S/C14H14N2OS/c1-3-8-16-13(17)12(15-14(16)18)9-11-6-4-10(2)5-7-11/h3-7,9H,1,8H2,2H3,(H,15,18)/b12-9+. The van der Waals surface area contributed by atoms with Crippen molar-refractivity contribution in [1.82, 2.24) is 10.2 Å². The molecule has 3 nitrogen and oxygen atoms in total. The molecule has 1 saturated heterocycles. The summed E-state index contributed by atoms with van der Waals surface area (Å²) < 4.78 is 0. The van der Waals surface area contributed by atoms with Crippen LogP contribution in [-0.2, 0) is 4.79 Å². The fourth-order valence-corrected chi connectivity index (χ4v) is 1.96. The molecule has 1 aliphatic rings. The highest BCUT2D eigenvalue weighted by molar-refractivity contribution is 7.80. The summed E-state index contributed by atoms with van der Waals surface area (Å²) in [5.41, 5.74) is 2.66. The van der Waals surface area contributed by atoms with Crippen LogP contribution in [0.25, 0.3) is 6.08 Å². The minimum atomic E-state index is -0.111. The molecule has 4 heteroatoms. The van der Waals surface area contributed by atoms with E-state index in [1.165, 1.54) is 10.5 Å². The maximum Gasteiger partial charge on any atom is 0.276 e. The van der Waals surface area contributed by atoms with E-state index in [4.69, 9.17) is 12.2 Å². The number of thiocarbonyl (C=S) groups is 1. The zero-order valence-corrected chi connectivity index (χ0v) is 11.0. The molecular weight excluding hydrogens is 244 g/mol. The minimum absolute atomic E-state index is 0.111. The molecule has 1 aliphatic heterocycles. The molecule has 2 rings (SSSR count). The number of amides is 1. The summed E-state index contributed by atoms with van der Waals surface area (Å²) in [7, 11) is 0. The molecule has 0 unspecified atom stereocenters. The number of nitrogens with zero attached hydrogens (tertiary/aromatic N) is 1. The fraction of sp³-hybridized carbons (Fsp3) is 0.143. The lowest BCUT2D eigenvalue weighted by atomic mass is 10.1. The van der Waals surface area contributed by atoms with Crippen LogP contribution in [0.15, 0.2) is 42.6 Å². The van der Waals surface area contributed by atoms with Gasteiger partial charge in [0.15, 0.2) is 5.11 Å². The molecule has 1 aromatic carbocycles. The van der Waals surface area contributed by atoms with Crippen molar-refractivity contribution in [3.63, 3.8) is 0 Å². The number of aryl methyl sites for hydroxylation is 1. The van der Waals surface area contributed by atoms with Crippen molar-refractivity contribution in [2.45, 2.75) is 6.92 Å². The lowest BCUT2D eigenvalue weighted by Crippen LogP contribution is -2.30. The van der Waals surface area contributed by atoms with Crippen molar-refractivity contribution >= 4 is 29.3 Å². The third-order valence-corrected chi connectivity index (χ3v) is 2.98. The first-order chi connectivity index (χ1) is 8.61. The number of hydrogen-bond acceptors (Lipinski definition) is 2. The van der Waals surface area contributed by atoms with E-state index in [9.17, 15) is 4.79 Å². The average molecular weight is 258 g/mol. The van der Waals surface area contributed by atoms with E-state index in [0.29, 0.717) is 17.4 Å². The zero-order chi connectivity index (χ0) is 13.1. The number of nitrogens with one attached hydrogen (secondary N) is 1. The number of carbonyl (C=O) groups excluding carboxylic acids is 1. The molecule has 0 aliphatic carbocycles. The molecule has 0 saturated carbocycles. The van der Waals surface area contributed by atoms with Gasteiger partial charge in [0.25, 0.3) is 5.91 Å². The van der Waals surface area contributed by atoms with Gasteiger partial charge >= 0.3 is 0 Å². The highest BCUT2D eigenvalue weighted by Crippen LogP contribution is 2.14. The summed E-state index contributed by atoms with van der Waals surface area (Å²) in [6.45, 7) is 6.06. The minimum Gasteiger partial charge on any atom is -0.328 e. The number of hydrogen-bond donors (Lipinski definition) is 1. The Balaban J connectivity index is 2.24. The van der Waals surface area contributed by atoms with Crippen molar-refractivity contribution in [2.24, 2.45) is 0 Å². The summed E-state index contributed by atoms with van der Waals surface area (Å²) in [4.78, 5) is 13.5. The third-order valence-electron chi connectivity index (χ3n) is 2.66. The van der Waals surface area contributed by atoms with E-state index < -0.39 is 0 Å². The molecule has 1 aromatic rings. The first-order valence-corrected chi connectivity index (χ1v) is 6.05. The SMILES string of the molecule is C=CCN1C(=O)/C(=C\c2ccc(C)cc2)NC1=S. The Hall–Kier alpha value is -1.94. The molecule has 1 N–H and O–H groups in total. The lowest BCUT2D eigenvalue weighted by molar-refractivity contribution is -0.122. The monoisotopic (exact) mass is 258 g/mol. The van der Waals surface area contributed by atoms with Crippen molar-refractivity contribution in [1.29, 1.82) is 0 Å². The zero-order valence-electron chi connectivity index (χ0n) is 10.1. The van der Waals surface area contributed by atoms with E-state index in [-0.39, 0.29) is 5.91 Å². The number of rotatable bonds is 3. The molecule has 1 amide bonds. The Bertz CT molecular complexity index is 531. The first-order valence-electron chi connectivity index (χ1n) is 5.64. The second kappa shape index (κ2) is 5.14. The predicted octanol–water partition coefficient (Wildman–Crippen LogP) is 2.24. The Morgan fingerprint density at radius 3 is 2.67 bits per heavy atom. The first kappa shape index (κ1) is 12.5. The Morgan fingerprint density at radius 2 is 2.06 bits per heavy atom. The maximum atomic E-state index is 12.0. The van der Waals surface area contributed by atoms with Gasteiger partial charge in [-0.05, 0) is 30.8 Å². The van der Waals surface area contributed by atoms with Gasteiger partial charge in [-0.3, -0.25) is 9.69 Å². The van der Waals surface area contributed by atoms with Crippen LogP contribution in [0.3, 0.4) is 0 Å². The van der Waals surface area contributed by atoms with Gasteiger partial charge in [0.05, 0.1) is 0 Å². The fourth-order valence-electron chi connectivity index (χ4n) is 1.70. The maximum absolute atomic E-state index is 12.0. The molecule has 0 spiro atoms. The van der Waals surface area contributed by atoms with Gasteiger partial charge in [0, 0.05) is 6.54 Å². The normalized spacial score (nSPS) is 17.2.